The van der Waals surface area contributed by atoms with Crippen molar-refractivity contribution in [2.45, 2.75) is 31.7 Å². The molecule has 3 unspecified atom stereocenters. The fourth-order valence-electron chi connectivity index (χ4n) is 4.01. The molecule has 2 N–H and O–H groups in total. The van der Waals surface area contributed by atoms with E-state index in [-0.39, 0.29) is 24.8 Å². The summed E-state index contributed by atoms with van der Waals surface area (Å²) in [4.78, 5) is 51.7. The molecule has 9 nitrogen and oxygen atoms in total. The number of fused-ring (bicyclic) bond motifs is 1. The molecular weight excluding hydrogens is 458 g/mol. The smallest absolute Gasteiger partial charge is 0.310 e. The average Bonchev–Trinajstić information content (AvgIpc) is 3.08. The van der Waals surface area contributed by atoms with E-state index < -0.39 is 30.3 Å². The van der Waals surface area contributed by atoms with Crippen LogP contribution in [0.2, 0.25) is 0 Å². The lowest BCUT2D eigenvalue weighted by molar-refractivity contribution is -0.164. The van der Waals surface area contributed by atoms with Gasteiger partial charge in [0.15, 0.2) is 0 Å². The summed E-state index contributed by atoms with van der Waals surface area (Å²) in [5.74, 6) is -0.427. The standard InChI is InChI=1S/C24H27N3O6S/c1-2-32-24-18(12-21(29)33-24)25-20(28)13-27-9-10-34-14-19(23(27)31)26-22(30)17-8-7-15-5-3-4-6-16(15)11-17/h3-8,11,18-19,24H,2,9-10,12-14H2,1H3,(H,25,28)(H,26,30). The van der Waals surface area contributed by atoms with Gasteiger partial charge in [-0.2, -0.15) is 11.8 Å². The number of thioether (sulfide) groups is 1. The zero-order valence-corrected chi connectivity index (χ0v) is 19.6. The van der Waals surface area contributed by atoms with Crippen molar-refractivity contribution in [2.24, 2.45) is 0 Å². The molecular formula is C24H27N3O6S. The van der Waals surface area contributed by atoms with Crippen molar-refractivity contribution in [1.29, 1.82) is 0 Å². The van der Waals surface area contributed by atoms with Gasteiger partial charge < -0.3 is 25.0 Å². The highest BCUT2D eigenvalue weighted by Crippen LogP contribution is 2.18. The molecule has 0 saturated carbocycles. The van der Waals surface area contributed by atoms with Crippen LogP contribution in [0.1, 0.15) is 23.7 Å². The number of cyclic esters (lactones) is 1. The molecule has 2 aliphatic rings. The fourth-order valence-corrected chi connectivity index (χ4v) is 4.98. The Kier molecular flexibility index (Phi) is 7.69. The molecule has 3 atom stereocenters. The first-order valence-electron chi connectivity index (χ1n) is 11.2. The maximum absolute atomic E-state index is 13.1. The summed E-state index contributed by atoms with van der Waals surface area (Å²) in [5.41, 5.74) is 0.470. The van der Waals surface area contributed by atoms with E-state index in [9.17, 15) is 19.2 Å². The Bertz CT molecular complexity index is 1090. The number of nitrogens with one attached hydrogen (secondary N) is 2. The molecule has 34 heavy (non-hydrogen) atoms. The molecule has 2 aliphatic heterocycles. The van der Waals surface area contributed by atoms with Crippen molar-refractivity contribution in [1.82, 2.24) is 15.5 Å². The quantitative estimate of drug-likeness (QED) is 0.569. The lowest BCUT2D eigenvalue weighted by Gasteiger charge is -2.25. The van der Waals surface area contributed by atoms with Crippen LogP contribution in [-0.4, -0.2) is 78.2 Å². The van der Waals surface area contributed by atoms with Crippen molar-refractivity contribution in [3.63, 3.8) is 0 Å². The number of hydrogen-bond acceptors (Lipinski definition) is 7. The van der Waals surface area contributed by atoms with Crippen molar-refractivity contribution >= 4 is 46.2 Å². The number of nitrogens with zero attached hydrogens (tertiary/aromatic N) is 1. The lowest BCUT2D eigenvalue weighted by atomic mass is 10.1. The summed E-state index contributed by atoms with van der Waals surface area (Å²) in [6.07, 6.45) is -0.809. The second-order valence-corrected chi connectivity index (χ2v) is 9.26. The minimum absolute atomic E-state index is 0.0185. The first-order chi connectivity index (χ1) is 16.4. The Morgan fingerprint density at radius 1 is 1.15 bits per heavy atom. The third kappa shape index (κ3) is 5.68. The molecule has 2 saturated heterocycles. The fraction of sp³-hybridized carbons (Fsp3) is 0.417. The van der Waals surface area contributed by atoms with E-state index in [1.807, 2.05) is 30.3 Å². The Balaban J connectivity index is 1.38. The maximum Gasteiger partial charge on any atom is 0.310 e. The van der Waals surface area contributed by atoms with Gasteiger partial charge in [0.2, 0.25) is 18.1 Å². The number of benzene rings is 2. The number of esters is 1. The lowest BCUT2D eigenvalue weighted by Crippen LogP contribution is -2.52. The predicted molar refractivity (Wildman–Crippen MR) is 127 cm³/mol. The van der Waals surface area contributed by atoms with Crippen LogP contribution >= 0.6 is 11.8 Å². The summed E-state index contributed by atoms with van der Waals surface area (Å²) in [5, 5.41) is 7.53. The number of amides is 3. The minimum atomic E-state index is -0.828. The second-order valence-electron chi connectivity index (χ2n) is 8.11. The monoisotopic (exact) mass is 485 g/mol. The molecule has 10 heteroatoms. The Morgan fingerprint density at radius 3 is 2.74 bits per heavy atom. The normalized spacial score (nSPS) is 22.9. The van der Waals surface area contributed by atoms with E-state index in [0.717, 1.165) is 10.8 Å². The highest BCUT2D eigenvalue weighted by atomic mass is 32.2. The van der Waals surface area contributed by atoms with Crippen LogP contribution in [0.3, 0.4) is 0 Å². The van der Waals surface area contributed by atoms with E-state index in [4.69, 9.17) is 9.47 Å². The summed E-state index contributed by atoms with van der Waals surface area (Å²) in [6, 6.07) is 11.8. The summed E-state index contributed by atoms with van der Waals surface area (Å²) < 4.78 is 10.4. The summed E-state index contributed by atoms with van der Waals surface area (Å²) in [6.45, 7) is 2.31. The topological polar surface area (TPSA) is 114 Å². The second kappa shape index (κ2) is 10.9. The van der Waals surface area contributed by atoms with Crippen molar-refractivity contribution in [3.8, 4) is 0 Å². The van der Waals surface area contributed by atoms with Crippen LogP contribution < -0.4 is 10.6 Å². The van der Waals surface area contributed by atoms with Gasteiger partial charge in [-0.3, -0.25) is 19.2 Å². The van der Waals surface area contributed by atoms with Gasteiger partial charge in [-0.25, -0.2) is 0 Å². The van der Waals surface area contributed by atoms with Crippen LogP contribution in [0.4, 0.5) is 0 Å². The first kappa shape index (κ1) is 24.0. The Labute approximate surface area is 201 Å². The molecule has 0 aliphatic carbocycles. The van der Waals surface area contributed by atoms with E-state index in [0.29, 0.717) is 30.2 Å². The number of carbonyl (C=O) groups excluding carboxylic acids is 4. The molecule has 0 bridgehead atoms. The molecule has 0 spiro atoms. The van der Waals surface area contributed by atoms with Crippen LogP contribution in [0.25, 0.3) is 10.8 Å². The van der Waals surface area contributed by atoms with Gasteiger partial charge in [-0.15, -0.1) is 0 Å². The average molecular weight is 486 g/mol. The molecule has 180 valence electrons. The highest BCUT2D eigenvalue weighted by Gasteiger charge is 2.37. The van der Waals surface area contributed by atoms with Crippen LogP contribution in [0, 0.1) is 0 Å². The van der Waals surface area contributed by atoms with E-state index >= 15 is 0 Å². The van der Waals surface area contributed by atoms with Gasteiger partial charge in [0.05, 0.1) is 13.0 Å². The van der Waals surface area contributed by atoms with Gasteiger partial charge in [-0.1, -0.05) is 30.3 Å². The third-order valence-electron chi connectivity index (χ3n) is 5.69. The number of rotatable bonds is 7. The zero-order valence-electron chi connectivity index (χ0n) is 18.8. The number of hydrogen-bond donors (Lipinski definition) is 2. The van der Waals surface area contributed by atoms with Crippen molar-refractivity contribution < 1.29 is 28.7 Å². The maximum atomic E-state index is 13.1. The number of carbonyl (C=O) groups is 4. The number of ether oxygens (including phenoxy) is 2. The molecule has 2 aromatic rings. The minimum Gasteiger partial charge on any atom is -0.433 e. The van der Waals surface area contributed by atoms with Crippen LogP contribution in [0.15, 0.2) is 42.5 Å². The van der Waals surface area contributed by atoms with Crippen LogP contribution in [-0.2, 0) is 23.9 Å². The largest absolute Gasteiger partial charge is 0.433 e. The molecule has 0 radical (unpaired) electrons. The Hall–Kier alpha value is -3.11. The molecule has 2 aromatic carbocycles. The molecule has 0 aromatic heterocycles. The first-order valence-corrected chi connectivity index (χ1v) is 12.4. The summed E-state index contributed by atoms with van der Waals surface area (Å²) in [7, 11) is 0. The van der Waals surface area contributed by atoms with Crippen molar-refractivity contribution in [3.05, 3.63) is 48.0 Å². The highest BCUT2D eigenvalue weighted by molar-refractivity contribution is 7.99. The van der Waals surface area contributed by atoms with Gasteiger partial charge in [0, 0.05) is 30.2 Å². The SMILES string of the molecule is CCOC1OC(=O)CC1NC(=O)CN1CCSCC(NC(=O)c2ccc3ccccc3c2)C1=O. The van der Waals surface area contributed by atoms with Crippen molar-refractivity contribution in [2.75, 3.05) is 31.2 Å². The van der Waals surface area contributed by atoms with Gasteiger partial charge in [0.1, 0.15) is 12.1 Å². The van der Waals surface area contributed by atoms with Gasteiger partial charge in [0.25, 0.3) is 5.91 Å². The van der Waals surface area contributed by atoms with E-state index in [1.165, 1.54) is 4.90 Å². The third-order valence-corrected chi connectivity index (χ3v) is 6.73. The molecule has 3 amide bonds. The predicted octanol–water partition coefficient (Wildman–Crippen LogP) is 1.31. The molecule has 2 fully saturated rings. The Morgan fingerprint density at radius 2 is 1.94 bits per heavy atom. The van der Waals surface area contributed by atoms with Gasteiger partial charge >= 0.3 is 5.97 Å². The van der Waals surface area contributed by atoms with Gasteiger partial charge in [-0.05, 0) is 29.8 Å². The van der Waals surface area contributed by atoms with E-state index in [2.05, 4.69) is 10.6 Å². The molecule has 2 heterocycles. The zero-order chi connectivity index (χ0) is 24.1. The van der Waals surface area contributed by atoms with Crippen LogP contribution in [0.5, 0.6) is 0 Å². The van der Waals surface area contributed by atoms with E-state index in [1.54, 1.807) is 30.8 Å². The molecule has 4 rings (SSSR count). The summed E-state index contributed by atoms with van der Waals surface area (Å²) >= 11 is 1.54.